The molecule has 0 unspecified atom stereocenters. The van der Waals surface area contributed by atoms with E-state index in [-0.39, 0.29) is 11.5 Å². The molecule has 0 saturated carbocycles. The fourth-order valence-electron chi connectivity index (χ4n) is 3.20. The number of nitrogens with zero attached hydrogens (tertiary/aromatic N) is 6. The number of aryl methyl sites for hydroxylation is 1. The van der Waals surface area contributed by atoms with Crippen LogP contribution in [-0.2, 0) is 6.42 Å². The van der Waals surface area contributed by atoms with Crippen LogP contribution in [0.3, 0.4) is 0 Å². The van der Waals surface area contributed by atoms with Crippen molar-refractivity contribution in [2.45, 2.75) is 12.8 Å². The van der Waals surface area contributed by atoms with Gasteiger partial charge in [-0.15, -0.1) is 0 Å². The molecule has 3 aromatic heterocycles. The average Bonchev–Trinajstić information content (AvgIpc) is 3.31. The Bertz CT molecular complexity index is 1300. The van der Waals surface area contributed by atoms with Crippen molar-refractivity contribution < 1.29 is 4.92 Å². The molecule has 0 radical (unpaired) electrons. The summed E-state index contributed by atoms with van der Waals surface area (Å²) >= 11 is 12.5. The van der Waals surface area contributed by atoms with Crippen LogP contribution in [0.25, 0.3) is 16.9 Å². The number of hydrogen-bond donors (Lipinski definition) is 2. The molecule has 0 fully saturated rings. The van der Waals surface area contributed by atoms with Crippen LogP contribution in [-0.4, -0.2) is 36.0 Å². The van der Waals surface area contributed by atoms with Gasteiger partial charge in [-0.25, -0.2) is 19.9 Å². The summed E-state index contributed by atoms with van der Waals surface area (Å²) in [6, 6.07) is 8.19. The predicted molar refractivity (Wildman–Crippen MR) is 127 cm³/mol. The lowest BCUT2D eigenvalue weighted by molar-refractivity contribution is -0.384. The van der Waals surface area contributed by atoms with Gasteiger partial charge in [-0.2, -0.15) is 0 Å². The van der Waals surface area contributed by atoms with Gasteiger partial charge in [0.1, 0.15) is 5.69 Å². The lowest BCUT2D eigenvalue weighted by Crippen LogP contribution is -2.09. The van der Waals surface area contributed by atoms with Crippen LogP contribution in [0, 0.1) is 10.1 Å². The van der Waals surface area contributed by atoms with Crippen LogP contribution >= 0.6 is 23.2 Å². The highest BCUT2D eigenvalue weighted by Crippen LogP contribution is 2.33. The van der Waals surface area contributed by atoms with Crippen LogP contribution < -0.4 is 11.1 Å². The largest absolute Gasteiger partial charge is 0.378 e. The van der Waals surface area contributed by atoms with Crippen molar-refractivity contribution in [1.82, 2.24) is 24.5 Å². The second-order valence-corrected chi connectivity index (χ2v) is 7.86. The summed E-state index contributed by atoms with van der Waals surface area (Å²) in [7, 11) is 0. The van der Waals surface area contributed by atoms with E-state index in [4.69, 9.17) is 28.9 Å². The Morgan fingerprint density at radius 2 is 2.03 bits per heavy atom. The molecule has 0 amide bonds. The number of halogens is 2. The van der Waals surface area contributed by atoms with Crippen LogP contribution in [0.15, 0.2) is 55.2 Å². The van der Waals surface area contributed by atoms with E-state index >= 15 is 0 Å². The summed E-state index contributed by atoms with van der Waals surface area (Å²) in [5, 5.41) is 15.0. The van der Waals surface area contributed by atoms with Crippen molar-refractivity contribution in [3.63, 3.8) is 0 Å². The van der Waals surface area contributed by atoms with Gasteiger partial charge in [0, 0.05) is 41.3 Å². The summed E-state index contributed by atoms with van der Waals surface area (Å²) in [6.45, 7) is 0.552. The lowest BCUT2D eigenvalue weighted by Gasteiger charge is -2.13. The van der Waals surface area contributed by atoms with Crippen molar-refractivity contribution in [1.29, 1.82) is 0 Å². The van der Waals surface area contributed by atoms with Gasteiger partial charge in [0.15, 0.2) is 0 Å². The standard InChI is InChI=1S/C21H18Cl2N8O2/c22-13-3-5-15(16(23)10-13)19-18(30-9-8-25-12-30)11-27-21(29-19)26-7-1-2-14-4-6-17(31(32)33)20(24)28-14/h3-6,8-12H,1-2,7H2,(H2,24,28)(H,26,27,29). The van der Waals surface area contributed by atoms with Gasteiger partial charge in [-0.05, 0) is 37.1 Å². The van der Waals surface area contributed by atoms with Gasteiger partial charge < -0.3 is 15.6 Å². The number of pyridine rings is 1. The first-order valence-corrected chi connectivity index (χ1v) is 10.6. The van der Waals surface area contributed by atoms with E-state index < -0.39 is 4.92 Å². The average molecular weight is 485 g/mol. The monoisotopic (exact) mass is 484 g/mol. The molecule has 1 aromatic carbocycles. The summed E-state index contributed by atoms with van der Waals surface area (Å²) in [4.78, 5) is 27.6. The number of nitro groups is 1. The molecule has 0 spiro atoms. The third-order valence-electron chi connectivity index (χ3n) is 4.79. The number of aromatic nitrogens is 5. The number of anilines is 2. The van der Waals surface area contributed by atoms with E-state index in [0.29, 0.717) is 58.0 Å². The van der Waals surface area contributed by atoms with Gasteiger partial charge in [-0.1, -0.05) is 23.2 Å². The first-order valence-electron chi connectivity index (χ1n) is 9.87. The van der Waals surface area contributed by atoms with Crippen LogP contribution in [0.1, 0.15) is 12.1 Å². The Morgan fingerprint density at radius 3 is 2.73 bits per heavy atom. The zero-order chi connectivity index (χ0) is 23.4. The zero-order valence-corrected chi connectivity index (χ0v) is 18.7. The summed E-state index contributed by atoms with van der Waals surface area (Å²) < 4.78 is 1.80. The van der Waals surface area contributed by atoms with E-state index in [2.05, 4.69) is 25.3 Å². The normalized spacial score (nSPS) is 10.8. The Balaban J connectivity index is 1.49. The Morgan fingerprint density at radius 1 is 1.18 bits per heavy atom. The molecule has 0 aliphatic heterocycles. The number of nitrogens with one attached hydrogen (secondary N) is 1. The van der Waals surface area contributed by atoms with Crippen molar-refractivity contribution in [3.8, 4) is 16.9 Å². The van der Waals surface area contributed by atoms with Gasteiger partial charge in [0.2, 0.25) is 11.8 Å². The molecule has 0 aliphatic rings. The molecule has 0 atom stereocenters. The highest BCUT2D eigenvalue weighted by atomic mass is 35.5. The third kappa shape index (κ3) is 5.18. The molecule has 12 heteroatoms. The summed E-state index contributed by atoms with van der Waals surface area (Å²) in [6.07, 6.45) is 8.07. The number of benzene rings is 1. The van der Waals surface area contributed by atoms with Crippen LogP contribution in [0.2, 0.25) is 10.0 Å². The minimum Gasteiger partial charge on any atom is -0.378 e. The summed E-state index contributed by atoms with van der Waals surface area (Å²) in [5.41, 5.74) is 8.17. The molecule has 0 saturated heterocycles. The van der Waals surface area contributed by atoms with Gasteiger partial charge in [-0.3, -0.25) is 10.1 Å². The zero-order valence-electron chi connectivity index (χ0n) is 17.2. The van der Waals surface area contributed by atoms with Gasteiger partial charge in [0.25, 0.3) is 0 Å². The number of hydrogen-bond acceptors (Lipinski definition) is 8. The molecule has 4 rings (SSSR count). The van der Waals surface area contributed by atoms with E-state index in [1.165, 1.54) is 6.07 Å². The second kappa shape index (κ2) is 9.80. The van der Waals surface area contributed by atoms with Crippen molar-refractivity contribution >= 4 is 40.7 Å². The molecule has 168 valence electrons. The topological polar surface area (TPSA) is 138 Å². The smallest absolute Gasteiger partial charge is 0.311 e. The lowest BCUT2D eigenvalue weighted by atomic mass is 10.1. The fourth-order valence-corrected chi connectivity index (χ4v) is 3.70. The number of nitrogens with two attached hydrogens (primary N) is 1. The first kappa shape index (κ1) is 22.4. The Kier molecular flexibility index (Phi) is 6.66. The summed E-state index contributed by atoms with van der Waals surface area (Å²) in [5.74, 6) is 0.337. The van der Waals surface area contributed by atoms with Gasteiger partial charge >= 0.3 is 5.69 Å². The first-order chi connectivity index (χ1) is 15.9. The van der Waals surface area contributed by atoms with Crippen molar-refractivity contribution in [3.05, 3.63) is 81.1 Å². The fraction of sp³-hybridized carbons (Fsp3) is 0.143. The SMILES string of the molecule is Nc1nc(CCCNc2ncc(-n3ccnc3)c(-c3ccc(Cl)cc3Cl)n2)ccc1[N+](=O)[O-]. The van der Waals surface area contributed by atoms with Gasteiger partial charge in [0.05, 0.1) is 28.2 Å². The molecule has 0 bridgehead atoms. The van der Waals surface area contributed by atoms with Crippen LogP contribution in [0.4, 0.5) is 17.5 Å². The highest BCUT2D eigenvalue weighted by molar-refractivity contribution is 6.36. The molecule has 3 N–H and O–H groups in total. The van der Waals surface area contributed by atoms with E-state index in [9.17, 15) is 10.1 Å². The molecule has 3 heterocycles. The number of nitrogen functional groups attached to an aromatic ring is 1. The quantitative estimate of drug-likeness (QED) is 0.210. The maximum atomic E-state index is 10.9. The van der Waals surface area contributed by atoms with Crippen molar-refractivity contribution in [2.75, 3.05) is 17.6 Å². The Hall–Kier alpha value is -3.76. The predicted octanol–water partition coefficient (Wildman–Crippen LogP) is 4.57. The van der Waals surface area contributed by atoms with E-state index in [1.807, 2.05) is 6.07 Å². The minimum absolute atomic E-state index is 0.0895. The molecular formula is C21H18Cl2N8O2. The number of rotatable bonds is 8. The molecular weight excluding hydrogens is 467 g/mol. The molecule has 0 aliphatic carbocycles. The second-order valence-electron chi connectivity index (χ2n) is 7.02. The van der Waals surface area contributed by atoms with E-state index in [0.717, 1.165) is 0 Å². The molecule has 4 aromatic rings. The Labute approximate surface area is 198 Å². The minimum atomic E-state index is -0.553. The molecule has 10 nitrogen and oxygen atoms in total. The number of imidazole rings is 1. The molecule has 33 heavy (non-hydrogen) atoms. The maximum absolute atomic E-state index is 10.9. The van der Waals surface area contributed by atoms with E-state index in [1.54, 1.807) is 47.7 Å². The third-order valence-corrected chi connectivity index (χ3v) is 5.34. The van der Waals surface area contributed by atoms with Crippen LogP contribution in [0.5, 0.6) is 0 Å². The highest BCUT2D eigenvalue weighted by Gasteiger charge is 2.15. The maximum Gasteiger partial charge on any atom is 0.311 e. The van der Waals surface area contributed by atoms with Crippen molar-refractivity contribution in [2.24, 2.45) is 0 Å².